The Balaban J connectivity index is 1.80. The number of thioether (sulfide) groups is 1. The standard InChI is InChI=1S/C21H23ClFN3OS2/c1-14-17(22)9-10-18-20(14)24-21(29-18)26(12-4-11-25(2)3)19(27)13-28-16-7-5-15(23)6-8-16/h5-10H,4,11-13H2,1-3H3. The van der Waals surface area contributed by atoms with Gasteiger partial charge in [-0.2, -0.15) is 0 Å². The first kappa shape index (κ1) is 22.0. The Morgan fingerprint density at radius 1 is 1.17 bits per heavy atom. The quantitative estimate of drug-likeness (QED) is 0.425. The fourth-order valence-corrected chi connectivity index (χ4v) is 4.83. The van der Waals surface area contributed by atoms with Crippen LogP contribution in [-0.2, 0) is 4.79 Å². The van der Waals surface area contributed by atoms with Crippen molar-refractivity contribution in [3.05, 3.63) is 52.8 Å². The highest BCUT2D eigenvalue weighted by Crippen LogP contribution is 2.34. The molecule has 3 rings (SSSR count). The summed E-state index contributed by atoms with van der Waals surface area (Å²) in [5.41, 5.74) is 1.77. The number of anilines is 1. The van der Waals surface area contributed by atoms with Gasteiger partial charge in [-0.1, -0.05) is 22.9 Å². The number of nitrogens with zero attached hydrogens (tertiary/aromatic N) is 3. The molecule has 0 unspecified atom stereocenters. The van der Waals surface area contributed by atoms with Gasteiger partial charge < -0.3 is 4.90 Å². The topological polar surface area (TPSA) is 36.4 Å². The highest BCUT2D eigenvalue weighted by molar-refractivity contribution is 8.00. The Morgan fingerprint density at radius 3 is 2.59 bits per heavy atom. The minimum absolute atomic E-state index is 0.0131. The van der Waals surface area contributed by atoms with Crippen molar-refractivity contribution in [1.29, 1.82) is 0 Å². The second-order valence-electron chi connectivity index (χ2n) is 6.96. The summed E-state index contributed by atoms with van der Waals surface area (Å²) in [4.78, 5) is 22.5. The average molecular weight is 452 g/mol. The van der Waals surface area contributed by atoms with E-state index in [9.17, 15) is 9.18 Å². The summed E-state index contributed by atoms with van der Waals surface area (Å²) in [6.07, 6.45) is 0.843. The molecule has 0 aliphatic rings. The molecule has 0 saturated carbocycles. The molecule has 1 heterocycles. The highest BCUT2D eigenvalue weighted by atomic mass is 35.5. The summed E-state index contributed by atoms with van der Waals surface area (Å²) in [5.74, 6) is -0.0288. The third-order valence-electron chi connectivity index (χ3n) is 4.43. The van der Waals surface area contributed by atoms with E-state index in [4.69, 9.17) is 16.6 Å². The number of amides is 1. The van der Waals surface area contributed by atoms with E-state index in [0.29, 0.717) is 16.7 Å². The maximum Gasteiger partial charge on any atom is 0.239 e. The monoisotopic (exact) mass is 451 g/mol. The molecule has 2 aromatic carbocycles. The van der Waals surface area contributed by atoms with Gasteiger partial charge in [0, 0.05) is 16.5 Å². The molecule has 0 radical (unpaired) electrons. The lowest BCUT2D eigenvalue weighted by Gasteiger charge is -2.21. The largest absolute Gasteiger partial charge is 0.309 e. The Bertz CT molecular complexity index is 992. The predicted octanol–water partition coefficient (Wildman–Crippen LogP) is 5.47. The van der Waals surface area contributed by atoms with Crippen LogP contribution in [-0.4, -0.2) is 48.7 Å². The second-order valence-corrected chi connectivity index (χ2v) is 9.43. The molecule has 0 spiro atoms. The van der Waals surface area contributed by atoms with E-state index < -0.39 is 0 Å². The lowest BCUT2D eigenvalue weighted by Crippen LogP contribution is -2.34. The van der Waals surface area contributed by atoms with Crippen molar-refractivity contribution in [2.24, 2.45) is 0 Å². The molecule has 29 heavy (non-hydrogen) atoms. The summed E-state index contributed by atoms with van der Waals surface area (Å²) < 4.78 is 14.1. The molecule has 0 bridgehead atoms. The van der Waals surface area contributed by atoms with Crippen LogP contribution >= 0.6 is 34.7 Å². The van der Waals surface area contributed by atoms with Gasteiger partial charge in [0.1, 0.15) is 5.82 Å². The summed E-state index contributed by atoms with van der Waals surface area (Å²) in [6, 6.07) is 9.99. The molecule has 0 N–H and O–H groups in total. The van der Waals surface area contributed by atoms with E-state index in [-0.39, 0.29) is 17.5 Å². The van der Waals surface area contributed by atoms with Gasteiger partial charge in [0.25, 0.3) is 0 Å². The van der Waals surface area contributed by atoms with E-state index in [0.717, 1.165) is 33.6 Å². The van der Waals surface area contributed by atoms with Crippen molar-refractivity contribution in [2.75, 3.05) is 37.8 Å². The van der Waals surface area contributed by atoms with Gasteiger partial charge >= 0.3 is 0 Å². The van der Waals surface area contributed by atoms with Gasteiger partial charge in [0.05, 0.1) is 16.0 Å². The molecule has 0 fully saturated rings. The number of aromatic nitrogens is 1. The third-order valence-corrected chi connectivity index (χ3v) is 6.88. The average Bonchev–Trinajstić information content (AvgIpc) is 3.12. The maximum absolute atomic E-state index is 13.1. The molecule has 1 aromatic heterocycles. The van der Waals surface area contributed by atoms with Crippen LogP contribution < -0.4 is 4.90 Å². The number of hydrogen-bond acceptors (Lipinski definition) is 5. The zero-order valence-corrected chi connectivity index (χ0v) is 19.0. The van der Waals surface area contributed by atoms with Crippen molar-refractivity contribution in [3.8, 4) is 0 Å². The van der Waals surface area contributed by atoms with Crippen LogP contribution in [0.5, 0.6) is 0 Å². The zero-order valence-electron chi connectivity index (χ0n) is 16.6. The van der Waals surface area contributed by atoms with Gasteiger partial charge in [0.15, 0.2) is 5.13 Å². The van der Waals surface area contributed by atoms with Crippen LogP contribution in [0.2, 0.25) is 5.02 Å². The van der Waals surface area contributed by atoms with E-state index in [2.05, 4.69) is 4.90 Å². The molecule has 8 heteroatoms. The molecule has 4 nitrogen and oxygen atoms in total. The maximum atomic E-state index is 13.1. The van der Waals surface area contributed by atoms with Gasteiger partial charge in [-0.3, -0.25) is 9.69 Å². The van der Waals surface area contributed by atoms with Crippen molar-refractivity contribution < 1.29 is 9.18 Å². The fraction of sp³-hybridized carbons (Fsp3) is 0.333. The van der Waals surface area contributed by atoms with Crippen molar-refractivity contribution in [2.45, 2.75) is 18.2 Å². The number of thiazole rings is 1. The summed E-state index contributed by atoms with van der Waals surface area (Å²) in [6.45, 7) is 3.41. The highest BCUT2D eigenvalue weighted by Gasteiger charge is 2.21. The smallest absolute Gasteiger partial charge is 0.239 e. The van der Waals surface area contributed by atoms with E-state index in [1.807, 2.05) is 33.2 Å². The molecular formula is C21H23ClFN3OS2. The number of fused-ring (bicyclic) bond motifs is 1. The predicted molar refractivity (Wildman–Crippen MR) is 122 cm³/mol. The van der Waals surface area contributed by atoms with Gasteiger partial charge in [-0.15, -0.1) is 11.8 Å². The summed E-state index contributed by atoms with van der Waals surface area (Å²) >= 11 is 9.14. The van der Waals surface area contributed by atoms with Gasteiger partial charge in [-0.05, 0) is 75.9 Å². The van der Waals surface area contributed by atoms with Crippen LogP contribution in [0.15, 0.2) is 41.3 Å². The lowest BCUT2D eigenvalue weighted by molar-refractivity contribution is -0.116. The number of carbonyl (C=O) groups is 1. The van der Waals surface area contributed by atoms with Crippen molar-refractivity contribution in [3.63, 3.8) is 0 Å². The first-order chi connectivity index (χ1) is 13.8. The number of carbonyl (C=O) groups excluding carboxylic acids is 1. The van der Waals surface area contributed by atoms with Crippen LogP contribution in [0.3, 0.4) is 0 Å². The summed E-state index contributed by atoms with van der Waals surface area (Å²) in [5, 5.41) is 1.36. The molecular weight excluding hydrogens is 429 g/mol. The molecule has 0 atom stereocenters. The molecule has 0 aliphatic carbocycles. The number of hydrogen-bond donors (Lipinski definition) is 0. The molecule has 0 aliphatic heterocycles. The van der Waals surface area contributed by atoms with Crippen LogP contribution in [0.4, 0.5) is 9.52 Å². The molecule has 3 aromatic rings. The van der Waals surface area contributed by atoms with E-state index in [1.54, 1.807) is 17.0 Å². The fourth-order valence-electron chi connectivity index (χ4n) is 2.83. The Kier molecular flexibility index (Phi) is 7.51. The number of halogens is 2. The van der Waals surface area contributed by atoms with Gasteiger partial charge in [-0.25, -0.2) is 9.37 Å². The minimum atomic E-state index is -0.283. The first-order valence-corrected chi connectivity index (χ1v) is 11.4. The van der Waals surface area contributed by atoms with E-state index in [1.165, 1.54) is 35.2 Å². The number of benzene rings is 2. The molecule has 1 amide bonds. The normalized spacial score (nSPS) is 11.4. The Labute approximate surface area is 183 Å². The SMILES string of the molecule is Cc1c(Cl)ccc2sc(N(CCCN(C)C)C(=O)CSc3ccc(F)cc3)nc12. The zero-order chi connectivity index (χ0) is 21.0. The second kappa shape index (κ2) is 9.89. The molecule has 0 saturated heterocycles. The first-order valence-electron chi connectivity index (χ1n) is 9.24. The Morgan fingerprint density at radius 2 is 1.90 bits per heavy atom. The van der Waals surface area contributed by atoms with Crippen molar-refractivity contribution in [1.82, 2.24) is 9.88 Å². The van der Waals surface area contributed by atoms with Crippen LogP contribution in [0.25, 0.3) is 10.2 Å². The summed E-state index contributed by atoms with van der Waals surface area (Å²) in [7, 11) is 4.03. The number of rotatable bonds is 8. The van der Waals surface area contributed by atoms with Crippen molar-refractivity contribution >= 4 is 56.0 Å². The van der Waals surface area contributed by atoms with Gasteiger partial charge in [0.2, 0.25) is 5.91 Å². The molecule has 154 valence electrons. The minimum Gasteiger partial charge on any atom is -0.309 e. The lowest BCUT2D eigenvalue weighted by atomic mass is 10.2. The Hall–Kier alpha value is -1.67. The van der Waals surface area contributed by atoms with Crippen LogP contribution in [0.1, 0.15) is 12.0 Å². The number of aryl methyl sites for hydroxylation is 1. The van der Waals surface area contributed by atoms with E-state index >= 15 is 0 Å². The van der Waals surface area contributed by atoms with Crippen LogP contribution in [0, 0.1) is 12.7 Å². The third kappa shape index (κ3) is 5.69.